The molecule has 0 aliphatic heterocycles. The zero-order chi connectivity index (χ0) is 10.1. The minimum atomic E-state index is -0.711. The van der Waals surface area contributed by atoms with Crippen molar-refractivity contribution in [2.75, 3.05) is 5.73 Å². The van der Waals surface area contributed by atoms with E-state index in [1.807, 2.05) is 5.38 Å². The summed E-state index contributed by atoms with van der Waals surface area (Å²) in [5.41, 5.74) is 5.47. The van der Waals surface area contributed by atoms with E-state index >= 15 is 0 Å². The van der Waals surface area contributed by atoms with Crippen LogP contribution in [0.15, 0.2) is 17.6 Å². The van der Waals surface area contributed by atoms with E-state index in [1.54, 1.807) is 12.3 Å². The number of anilines is 1. The van der Waals surface area contributed by atoms with Gasteiger partial charge in [-0.25, -0.2) is 4.98 Å². The zero-order valence-electron chi connectivity index (χ0n) is 6.98. The first-order valence-electron chi connectivity index (χ1n) is 3.80. The van der Waals surface area contributed by atoms with Crippen LogP contribution in [0.5, 0.6) is 0 Å². The third-order valence-corrected chi connectivity index (χ3v) is 3.99. The van der Waals surface area contributed by atoms with Gasteiger partial charge in [0.2, 0.25) is 0 Å². The number of halogens is 1. The van der Waals surface area contributed by atoms with Gasteiger partial charge in [0.15, 0.2) is 5.13 Å². The lowest BCUT2D eigenvalue weighted by Crippen LogP contribution is -1.93. The molecule has 1 unspecified atom stereocenters. The van der Waals surface area contributed by atoms with Gasteiger partial charge in [0.25, 0.3) is 0 Å². The van der Waals surface area contributed by atoms with Crippen molar-refractivity contribution in [3.8, 4) is 0 Å². The highest BCUT2D eigenvalue weighted by Gasteiger charge is 2.17. The highest BCUT2D eigenvalue weighted by atomic mass is 35.5. The molecular formula is C8H7ClN2OS2. The molecule has 74 valence electrons. The number of nitrogens with zero attached hydrogens (tertiary/aromatic N) is 1. The van der Waals surface area contributed by atoms with Gasteiger partial charge in [-0.15, -0.1) is 11.3 Å². The quantitative estimate of drug-likeness (QED) is 0.856. The topological polar surface area (TPSA) is 59.1 Å². The summed E-state index contributed by atoms with van der Waals surface area (Å²) in [6, 6.07) is 1.76. The van der Waals surface area contributed by atoms with Crippen molar-refractivity contribution in [2.45, 2.75) is 6.10 Å². The first-order valence-corrected chi connectivity index (χ1v) is 5.88. The van der Waals surface area contributed by atoms with Crippen LogP contribution in [-0.2, 0) is 0 Å². The van der Waals surface area contributed by atoms with Crippen LogP contribution in [0.25, 0.3) is 0 Å². The fourth-order valence-electron chi connectivity index (χ4n) is 1.06. The number of nitrogens with two attached hydrogens (primary N) is 1. The molecule has 2 aromatic rings. The first kappa shape index (κ1) is 9.92. The minimum Gasteiger partial charge on any atom is -0.382 e. The molecule has 1 atom stereocenters. The summed E-state index contributed by atoms with van der Waals surface area (Å²) in [5.74, 6) is 0. The molecule has 0 saturated carbocycles. The van der Waals surface area contributed by atoms with Crippen molar-refractivity contribution in [1.82, 2.24) is 4.98 Å². The van der Waals surface area contributed by atoms with E-state index < -0.39 is 6.10 Å². The third kappa shape index (κ3) is 1.76. The number of aromatic nitrogens is 1. The summed E-state index contributed by atoms with van der Waals surface area (Å²) < 4.78 is 0. The Hall–Kier alpha value is -0.620. The average molecular weight is 247 g/mol. The minimum absolute atomic E-state index is 0.451. The normalized spacial score (nSPS) is 13.0. The summed E-state index contributed by atoms with van der Waals surface area (Å²) in [6.07, 6.45) is 0.859. The maximum Gasteiger partial charge on any atom is 0.180 e. The molecule has 0 aromatic carbocycles. The van der Waals surface area contributed by atoms with Crippen molar-refractivity contribution < 1.29 is 5.11 Å². The monoisotopic (exact) mass is 246 g/mol. The summed E-state index contributed by atoms with van der Waals surface area (Å²) in [7, 11) is 0. The van der Waals surface area contributed by atoms with Crippen LogP contribution in [0.2, 0.25) is 5.02 Å². The van der Waals surface area contributed by atoms with Gasteiger partial charge in [0.1, 0.15) is 6.10 Å². The molecule has 3 nitrogen and oxygen atoms in total. The molecule has 0 fully saturated rings. The number of rotatable bonds is 2. The Balaban J connectivity index is 2.33. The average Bonchev–Trinajstić information content (AvgIpc) is 2.73. The van der Waals surface area contributed by atoms with Crippen LogP contribution in [0.3, 0.4) is 0 Å². The smallest absolute Gasteiger partial charge is 0.180 e. The third-order valence-electron chi connectivity index (χ3n) is 1.70. The molecule has 2 aromatic heterocycles. The number of aliphatic hydroxyl groups excluding tert-OH is 1. The molecular weight excluding hydrogens is 240 g/mol. The molecule has 0 radical (unpaired) electrons. The summed E-state index contributed by atoms with van der Waals surface area (Å²) in [4.78, 5) is 5.32. The van der Waals surface area contributed by atoms with Gasteiger partial charge < -0.3 is 10.8 Å². The summed E-state index contributed by atoms with van der Waals surface area (Å²) >= 11 is 8.58. The molecule has 2 rings (SSSR count). The first-order chi connectivity index (χ1) is 6.68. The fourth-order valence-corrected chi connectivity index (χ4v) is 2.98. The molecule has 0 amide bonds. The van der Waals surface area contributed by atoms with Gasteiger partial charge in [-0.1, -0.05) is 22.9 Å². The molecule has 0 saturated heterocycles. The van der Waals surface area contributed by atoms with Gasteiger partial charge in [0, 0.05) is 6.20 Å². The van der Waals surface area contributed by atoms with Gasteiger partial charge in [-0.2, -0.15) is 0 Å². The van der Waals surface area contributed by atoms with E-state index in [0.29, 0.717) is 15.0 Å². The standard InChI is InChI=1S/C8H7ClN2OS2/c9-4-1-2-13-7(4)6(12)5-3-11-8(10)14-5/h1-3,6,12H,(H2,10,11). The van der Waals surface area contributed by atoms with E-state index in [-0.39, 0.29) is 0 Å². The van der Waals surface area contributed by atoms with Gasteiger partial charge in [-0.3, -0.25) is 0 Å². The summed E-state index contributed by atoms with van der Waals surface area (Å²) in [5, 5.41) is 12.8. The van der Waals surface area contributed by atoms with E-state index in [9.17, 15) is 5.11 Å². The van der Waals surface area contributed by atoms with Gasteiger partial charge >= 0.3 is 0 Å². The van der Waals surface area contributed by atoms with Crippen molar-refractivity contribution in [2.24, 2.45) is 0 Å². The number of thiazole rings is 1. The van der Waals surface area contributed by atoms with Gasteiger partial charge in [-0.05, 0) is 11.4 Å². The van der Waals surface area contributed by atoms with Crippen LogP contribution in [0.4, 0.5) is 5.13 Å². The van der Waals surface area contributed by atoms with E-state index in [1.165, 1.54) is 22.7 Å². The lowest BCUT2D eigenvalue weighted by molar-refractivity contribution is 0.228. The summed E-state index contributed by atoms with van der Waals surface area (Å²) in [6.45, 7) is 0. The zero-order valence-corrected chi connectivity index (χ0v) is 9.36. The molecule has 0 aliphatic carbocycles. The molecule has 0 bridgehead atoms. The van der Waals surface area contributed by atoms with Crippen molar-refractivity contribution in [3.63, 3.8) is 0 Å². The maximum absolute atomic E-state index is 9.92. The number of hydrogen-bond acceptors (Lipinski definition) is 5. The van der Waals surface area contributed by atoms with Crippen molar-refractivity contribution in [1.29, 1.82) is 0 Å². The predicted octanol–water partition coefficient (Wildman–Crippen LogP) is 2.52. The van der Waals surface area contributed by atoms with E-state index in [2.05, 4.69) is 4.98 Å². The van der Waals surface area contributed by atoms with E-state index in [4.69, 9.17) is 17.3 Å². The molecule has 2 heterocycles. The Bertz CT molecular complexity index is 440. The fraction of sp³-hybridized carbons (Fsp3) is 0.125. The van der Waals surface area contributed by atoms with Crippen molar-refractivity contribution >= 4 is 39.4 Å². The highest BCUT2D eigenvalue weighted by Crippen LogP contribution is 2.35. The molecule has 3 N–H and O–H groups in total. The molecule has 14 heavy (non-hydrogen) atoms. The largest absolute Gasteiger partial charge is 0.382 e. The lowest BCUT2D eigenvalue weighted by Gasteiger charge is -2.04. The van der Waals surface area contributed by atoms with Gasteiger partial charge in [0.05, 0.1) is 14.8 Å². The Morgan fingerprint density at radius 2 is 2.36 bits per heavy atom. The van der Waals surface area contributed by atoms with E-state index in [0.717, 1.165) is 4.88 Å². The van der Waals surface area contributed by atoms with Crippen LogP contribution in [0.1, 0.15) is 15.9 Å². The number of aliphatic hydroxyl groups is 1. The number of hydrogen-bond donors (Lipinski definition) is 2. The molecule has 0 aliphatic rings. The van der Waals surface area contributed by atoms with Crippen LogP contribution in [0, 0.1) is 0 Å². The Kier molecular flexibility index (Phi) is 2.73. The Morgan fingerprint density at radius 3 is 2.86 bits per heavy atom. The van der Waals surface area contributed by atoms with Crippen molar-refractivity contribution in [3.05, 3.63) is 32.4 Å². The SMILES string of the molecule is Nc1ncc(C(O)c2sccc2Cl)s1. The Morgan fingerprint density at radius 1 is 1.57 bits per heavy atom. The number of nitrogen functional groups attached to an aromatic ring is 1. The number of thiophene rings is 1. The second-order valence-electron chi connectivity index (χ2n) is 2.64. The predicted molar refractivity (Wildman–Crippen MR) is 59.9 cm³/mol. The molecule has 0 spiro atoms. The van der Waals surface area contributed by atoms with Crippen LogP contribution >= 0.6 is 34.3 Å². The molecule has 6 heteroatoms. The van der Waals surface area contributed by atoms with Crippen LogP contribution in [-0.4, -0.2) is 10.1 Å². The Labute approximate surface area is 93.8 Å². The van der Waals surface area contributed by atoms with Crippen LogP contribution < -0.4 is 5.73 Å². The second kappa shape index (κ2) is 3.86. The maximum atomic E-state index is 9.92. The highest BCUT2D eigenvalue weighted by molar-refractivity contribution is 7.15. The second-order valence-corrected chi connectivity index (χ2v) is 5.08. The lowest BCUT2D eigenvalue weighted by atomic mass is 10.2.